The fraction of sp³-hybridized carbons (Fsp3) is 0.312. The highest BCUT2D eigenvalue weighted by Gasteiger charge is 2.34. The number of alkyl halides is 3. The van der Waals surface area contributed by atoms with E-state index in [1.807, 2.05) is 0 Å². The molecular formula is C16H13BrF3N3O3S. The van der Waals surface area contributed by atoms with Gasteiger partial charge in [0.25, 0.3) is 11.6 Å². The summed E-state index contributed by atoms with van der Waals surface area (Å²) >= 11 is 4.61. The standard InChI is InChI=1S/C16H13BrF3N3O3S/c17-14-4-3-13(27-14)15(24)22-7-5-21(6-8-22)11-2-1-10(16(18,19)20)9-12(11)23(25)26/h1-4,9H,5-8H2. The maximum absolute atomic E-state index is 12.8. The van der Waals surface area contributed by atoms with Gasteiger partial charge in [0, 0.05) is 32.2 Å². The maximum atomic E-state index is 12.8. The second kappa shape index (κ2) is 7.47. The molecule has 0 radical (unpaired) electrons. The van der Waals surface area contributed by atoms with Gasteiger partial charge in [-0.2, -0.15) is 13.2 Å². The van der Waals surface area contributed by atoms with Crippen molar-refractivity contribution in [2.24, 2.45) is 0 Å². The van der Waals surface area contributed by atoms with Crippen LogP contribution < -0.4 is 4.90 Å². The van der Waals surface area contributed by atoms with Crippen LogP contribution in [-0.4, -0.2) is 41.9 Å². The number of hydrogen-bond acceptors (Lipinski definition) is 5. The number of nitro groups is 1. The number of halogens is 4. The molecule has 1 saturated heterocycles. The van der Waals surface area contributed by atoms with Crippen molar-refractivity contribution in [3.8, 4) is 0 Å². The molecule has 1 amide bonds. The highest BCUT2D eigenvalue weighted by atomic mass is 79.9. The zero-order valence-electron chi connectivity index (χ0n) is 13.7. The number of rotatable bonds is 3. The molecule has 0 bridgehead atoms. The summed E-state index contributed by atoms with van der Waals surface area (Å²) in [7, 11) is 0. The van der Waals surface area contributed by atoms with Crippen LogP contribution in [0.4, 0.5) is 24.5 Å². The Hall–Kier alpha value is -2.14. The lowest BCUT2D eigenvalue weighted by molar-refractivity contribution is -0.384. The zero-order chi connectivity index (χ0) is 19.8. The smallest absolute Gasteiger partial charge is 0.362 e. The monoisotopic (exact) mass is 463 g/mol. The average Bonchev–Trinajstić information content (AvgIpc) is 3.06. The molecule has 0 saturated carbocycles. The van der Waals surface area contributed by atoms with Gasteiger partial charge in [-0.15, -0.1) is 11.3 Å². The SMILES string of the molecule is O=C(c1ccc(Br)s1)N1CCN(c2ccc(C(F)(F)F)cc2[N+](=O)[O-])CC1. The van der Waals surface area contributed by atoms with E-state index in [-0.39, 0.29) is 11.6 Å². The topological polar surface area (TPSA) is 66.7 Å². The molecule has 3 rings (SSSR count). The minimum absolute atomic E-state index is 0.124. The van der Waals surface area contributed by atoms with E-state index in [0.717, 1.165) is 15.9 Å². The second-order valence-corrected chi connectivity index (χ2v) is 8.30. The maximum Gasteiger partial charge on any atom is 0.416 e. The number of hydrogen-bond donors (Lipinski definition) is 0. The zero-order valence-corrected chi connectivity index (χ0v) is 16.1. The number of carbonyl (C=O) groups excluding carboxylic acids is 1. The number of anilines is 1. The summed E-state index contributed by atoms with van der Waals surface area (Å²) < 4.78 is 39.3. The quantitative estimate of drug-likeness (QED) is 0.499. The van der Waals surface area contributed by atoms with Gasteiger partial charge in [0.1, 0.15) is 5.69 Å². The molecule has 6 nitrogen and oxygen atoms in total. The number of piperazine rings is 1. The van der Waals surface area contributed by atoms with Gasteiger partial charge < -0.3 is 9.80 Å². The Bertz CT molecular complexity index is 879. The van der Waals surface area contributed by atoms with Crippen molar-refractivity contribution in [2.45, 2.75) is 6.18 Å². The summed E-state index contributed by atoms with van der Waals surface area (Å²) in [6.45, 7) is 1.24. The highest BCUT2D eigenvalue weighted by molar-refractivity contribution is 9.11. The fourth-order valence-corrected chi connectivity index (χ4v) is 4.20. The number of nitrogens with zero attached hydrogens (tertiary/aromatic N) is 3. The number of nitro benzene ring substituents is 1. The summed E-state index contributed by atoms with van der Waals surface area (Å²) in [5.74, 6) is -0.132. The number of carbonyl (C=O) groups is 1. The summed E-state index contributed by atoms with van der Waals surface area (Å²) in [4.78, 5) is 26.7. The van der Waals surface area contributed by atoms with E-state index < -0.39 is 22.4 Å². The van der Waals surface area contributed by atoms with Gasteiger partial charge in [0.05, 0.1) is 19.2 Å². The van der Waals surface area contributed by atoms with E-state index in [9.17, 15) is 28.1 Å². The van der Waals surface area contributed by atoms with Crippen LogP contribution in [0.2, 0.25) is 0 Å². The van der Waals surface area contributed by atoms with E-state index >= 15 is 0 Å². The lowest BCUT2D eigenvalue weighted by Gasteiger charge is -2.35. The molecule has 144 valence electrons. The van der Waals surface area contributed by atoms with E-state index in [1.165, 1.54) is 11.3 Å². The number of thiophene rings is 1. The molecule has 2 heterocycles. The first-order chi connectivity index (χ1) is 12.7. The Balaban J connectivity index is 1.76. The molecule has 1 aromatic carbocycles. The molecule has 1 aliphatic rings. The molecule has 1 fully saturated rings. The third-order valence-electron chi connectivity index (χ3n) is 4.19. The van der Waals surface area contributed by atoms with Crippen LogP contribution in [0.15, 0.2) is 34.1 Å². The molecule has 27 heavy (non-hydrogen) atoms. The van der Waals surface area contributed by atoms with Gasteiger partial charge in [0.15, 0.2) is 0 Å². The first-order valence-electron chi connectivity index (χ1n) is 7.82. The molecule has 0 aliphatic carbocycles. The Morgan fingerprint density at radius 1 is 1.15 bits per heavy atom. The van der Waals surface area contributed by atoms with Gasteiger partial charge >= 0.3 is 6.18 Å². The Kier molecular flexibility index (Phi) is 5.43. The lowest BCUT2D eigenvalue weighted by Crippen LogP contribution is -2.48. The molecule has 0 unspecified atom stereocenters. The summed E-state index contributed by atoms with van der Waals surface area (Å²) in [6.07, 6.45) is -4.65. The van der Waals surface area contributed by atoms with Gasteiger partial charge in [-0.25, -0.2) is 0 Å². The van der Waals surface area contributed by atoms with Crippen molar-refractivity contribution in [2.75, 3.05) is 31.1 Å². The van der Waals surface area contributed by atoms with Crippen molar-refractivity contribution >= 4 is 44.5 Å². The molecule has 0 atom stereocenters. The van der Waals surface area contributed by atoms with Crippen LogP contribution in [0, 0.1) is 10.1 Å². The largest absolute Gasteiger partial charge is 0.416 e. The van der Waals surface area contributed by atoms with Gasteiger partial charge in [-0.05, 0) is 40.2 Å². The third-order valence-corrected chi connectivity index (χ3v) is 5.80. The molecule has 0 N–H and O–H groups in total. The van der Waals surface area contributed by atoms with Crippen LogP contribution in [0.5, 0.6) is 0 Å². The van der Waals surface area contributed by atoms with Crippen molar-refractivity contribution in [1.29, 1.82) is 0 Å². The number of amides is 1. The Labute approximate surface area is 164 Å². The Morgan fingerprint density at radius 2 is 1.81 bits per heavy atom. The minimum Gasteiger partial charge on any atom is -0.362 e. The summed E-state index contributed by atoms with van der Waals surface area (Å²) in [5.41, 5.74) is -1.53. The average molecular weight is 464 g/mol. The van der Waals surface area contributed by atoms with Crippen LogP contribution in [0.1, 0.15) is 15.2 Å². The molecule has 11 heteroatoms. The van der Waals surface area contributed by atoms with Gasteiger partial charge in [-0.1, -0.05) is 0 Å². The van der Waals surface area contributed by atoms with Crippen molar-refractivity contribution in [1.82, 2.24) is 4.90 Å². The van der Waals surface area contributed by atoms with Crippen LogP contribution >= 0.6 is 27.3 Å². The normalized spacial score (nSPS) is 15.1. The van der Waals surface area contributed by atoms with Crippen LogP contribution in [-0.2, 0) is 6.18 Å². The Morgan fingerprint density at radius 3 is 2.33 bits per heavy atom. The summed E-state index contributed by atoms with van der Waals surface area (Å²) in [6, 6.07) is 6.00. The third kappa shape index (κ3) is 4.24. The minimum atomic E-state index is -4.65. The van der Waals surface area contributed by atoms with E-state index in [2.05, 4.69) is 15.9 Å². The van der Waals surface area contributed by atoms with Crippen molar-refractivity contribution < 1.29 is 22.9 Å². The summed E-state index contributed by atoms with van der Waals surface area (Å²) in [5, 5.41) is 11.2. The highest BCUT2D eigenvalue weighted by Crippen LogP contribution is 2.37. The molecule has 0 spiro atoms. The van der Waals surface area contributed by atoms with Gasteiger partial charge in [0.2, 0.25) is 0 Å². The molecule has 1 aromatic heterocycles. The first kappa shape index (κ1) is 19.6. The molecular weight excluding hydrogens is 451 g/mol. The molecule has 2 aromatic rings. The second-order valence-electron chi connectivity index (χ2n) is 5.84. The lowest BCUT2D eigenvalue weighted by atomic mass is 10.1. The fourth-order valence-electron chi connectivity index (χ4n) is 2.85. The first-order valence-corrected chi connectivity index (χ1v) is 9.43. The number of benzene rings is 1. The van der Waals surface area contributed by atoms with Crippen molar-refractivity contribution in [3.05, 3.63) is 54.7 Å². The van der Waals surface area contributed by atoms with E-state index in [0.29, 0.717) is 37.1 Å². The van der Waals surface area contributed by atoms with Crippen LogP contribution in [0.3, 0.4) is 0 Å². The van der Waals surface area contributed by atoms with Crippen LogP contribution in [0.25, 0.3) is 0 Å². The predicted octanol–water partition coefficient (Wildman–Crippen LogP) is 4.40. The van der Waals surface area contributed by atoms with E-state index in [1.54, 1.807) is 21.9 Å². The van der Waals surface area contributed by atoms with E-state index in [4.69, 9.17) is 0 Å². The molecule has 1 aliphatic heterocycles. The van der Waals surface area contributed by atoms with Gasteiger partial charge in [-0.3, -0.25) is 14.9 Å². The predicted molar refractivity (Wildman–Crippen MR) is 98.2 cm³/mol. The van der Waals surface area contributed by atoms with Crippen molar-refractivity contribution in [3.63, 3.8) is 0 Å².